The molecule has 16 heteroatoms. The van der Waals surface area contributed by atoms with Crippen LogP contribution in [0.1, 0.15) is 32.2 Å². The summed E-state index contributed by atoms with van der Waals surface area (Å²) in [6.07, 6.45) is 5.59. The Morgan fingerprint density at radius 1 is 0.342 bits per heavy atom. The Bertz CT molecular complexity index is 1940. The third kappa shape index (κ3) is 19.0. The van der Waals surface area contributed by atoms with Crippen molar-refractivity contribution in [2.24, 2.45) is 0 Å². The van der Waals surface area contributed by atoms with Crippen molar-refractivity contribution >= 4 is 135 Å². The fourth-order valence-electron chi connectivity index (χ4n) is 18.4. The predicted octanol–water partition coefficient (Wildman–Crippen LogP) is 19.1. The molecule has 0 heterocycles. The van der Waals surface area contributed by atoms with Crippen molar-refractivity contribution in [1.29, 1.82) is 0 Å². The molecule has 0 saturated carbocycles. The molecule has 2 rings (SSSR count). The summed E-state index contributed by atoms with van der Waals surface area (Å²) in [4.78, 5) is 0. The number of halogens is 1. The Labute approximate surface area is 501 Å². The van der Waals surface area contributed by atoms with Crippen molar-refractivity contribution in [2.75, 3.05) is 0 Å². The molecule has 0 spiro atoms. The zero-order chi connectivity index (χ0) is 57.5. The van der Waals surface area contributed by atoms with E-state index in [0.29, 0.717) is 14.6 Å². The second kappa shape index (κ2) is 24.7. The van der Waals surface area contributed by atoms with Crippen molar-refractivity contribution < 1.29 is 17.0 Å². The molecule has 1 aliphatic carbocycles. The summed E-state index contributed by atoms with van der Waals surface area (Å²) < 4.78 is 0.415. The summed E-state index contributed by atoms with van der Waals surface area (Å²) in [6, 6.07) is 5.22. The van der Waals surface area contributed by atoms with E-state index in [1.807, 2.05) is 0 Å². The Balaban J connectivity index is 0. The molecule has 73 heavy (non-hydrogen) atoms. The van der Waals surface area contributed by atoms with Gasteiger partial charge in [-0.3, -0.25) is 0 Å². The van der Waals surface area contributed by atoms with Crippen LogP contribution in [0.3, 0.4) is 0 Å². The van der Waals surface area contributed by atoms with Gasteiger partial charge >= 0.3 is 0 Å². The minimum atomic E-state index is -1.59. The van der Waals surface area contributed by atoms with Gasteiger partial charge in [0.15, 0.2) is 0 Å². The van der Waals surface area contributed by atoms with Gasteiger partial charge in [0.05, 0.1) is 16.1 Å². The molecule has 1 N–H and O–H groups in total. The first kappa shape index (κ1) is 77.5. The summed E-state index contributed by atoms with van der Waals surface area (Å²) in [5.41, 5.74) is 24.6. The first-order valence-electron chi connectivity index (χ1n) is 28.4. The van der Waals surface area contributed by atoms with Gasteiger partial charge in [-0.05, 0) is 46.8 Å². The fraction of sp³-hybridized carbons (Fsp3) is 0.789. The number of hydrogen-bond acceptors (Lipinski definition) is 0. The molecule has 1 aromatic rings. The van der Waals surface area contributed by atoms with Crippen molar-refractivity contribution in [1.82, 2.24) is 0 Å². The molecule has 1 nitrogen and oxygen atoms in total. The number of benzene rings is 1. The zero-order valence-corrected chi connectivity index (χ0v) is 73.7. The van der Waals surface area contributed by atoms with Crippen LogP contribution in [-0.2, 0) is 0 Å². The van der Waals surface area contributed by atoms with Crippen molar-refractivity contribution in [3.63, 3.8) is 0 Å². The number of allylic oxidation sites excluding steroid dienone is 3. The van der Waals surface area contributed by atoms with E-state index in [-0.39, 0.29) is 41.4 Å². The molecule has 4 radical (unpaired) electrons. The smallest absolute Gasteiger partial charge is 0.0501 e. The van der Waals surface area contributed by atoms with Crippen molar-refractivity contribution in [3.05, 3.63) is 69.5 Å². The van der Waals surface area contributed by atoms with Gasteiger partial charge in [-0.1, -0.05) is 290 Å². The minimum absolute atomic E-state index is 0. The van der Waals surface area contributed by atoms with Gasteiger partial charge < -0.3 is 22.7 Å². The minimum Gasteiger partial charge on any atom is -1.00 e. The van der Waals surface area contributed by atoms with Crippen molar-refractivity contribution in [2.45, 2.75) is 285 Å². The topological polar surface area (TPSA) is 23.8 Å². The van der Waals surface area contributed by atoms with Gasteiger partial charge in [0.25, 0.3) is 0 Å². The maximum atomic E-state index is 9.79. The molecule has 1 aromatic carbocycles. The van der Waals surface area contributed by atoms with Crippen LogP contribution in [0, 0.1) is 6.42 Å². The Kier molecular flexibility index (Phi) is 26.2. The third-order valence-corrected chi connectivity index (χ3v) is 83.7. The molecule has 0 unspecified atom stereocenters. The molecular formula is C57H127BrNSbSi13-2. The average molecular weight is 1390 g/mol. The van der Waals surface area contributed by atoms with Gasteiger partial charge in [-0.2, -0.15) is 0 Å². The van der Waals surface area contributed by atoms with Crippen LogP contribution < -0.4 is 17.0 Å². The largest absolute Gasteiger partial charge is 1.00 e. The first-order chi connectivity index (χ1) is 30.4. The standard InChI is InChI=1S/C30H67Si7.C27H60NSi6.BrH.Sb/c1-31(2,3)28(32(4,5)6)25-22-26(29(33(7,8)9)34(10,11)12)24-27(23-25)30(35(13,14)15,36(16,17)18)37(19,20)21;1-29(2,3)25(30(4,5)6)21-19-22(26(31(7,8)9)32(10,11)12)24(28)23(20-21)27(33(13,14)15)34(16,17)18;;/h23-24,28-29H,1-21H3;19-20,25-28H,1-18H3;1H;/q;-1;;/p-1. The molecule has 0 amide bonds. The van der Waals surface area contributed by atoms with Crippen LogP contribution in [0.2, 0.25) is 270 Å². The summed E-state index contributed by atoms with van der Waals surface area (Å²) >= 11 is 0. The monoisotopic (exact) mass is 1390 g/mol. The van der Waals surface area contributed by atoms with Gasteiger partial charge in [0, 0.05) is 120 Å². The predicted molar refractivity (Wildman–Crippen MR) is 381 cm³/mol. The fourth-order valence-corrected chi connectivity index (χ4v) is 112. The molecule has 0 aliphatic heterocycles. The molecular weight excluding hydrogens is 1270 g/mol. The Hall–Kier alpha value is 2.40. The Morgan fingerprint density at radius 2 is 0.562 bits per heavy atom. The second-order valence-electron chi connectivity index (χ2n) is 37.2. The molecule has 0 atom stereocenters. The number of rotatable bonds is 19. The van der Waals surface area contributed by atoms with E-state index < -0.39 is 105 Å². The Morgan fingerprint density at radius 3 is 0.767 bits per heavy atom. The average Bonchev–Trinajstić information content (AvgIpc) is 2.94. The van der Waals surface area contributed by atoms with Crippen LogP contribution in [0.15, 0.2) is 40.7 Å². The van der Waals surface area contributed by atoms with E-state index in [0.717, 1.165) is 21.2 Å². The zero-order valence-electron chi connectivity index (χ0n) is 56.5. The van der Waals surface area contributed by atoms with Gasteiger partial charge in [-0.25, -0.2) is 0 Å². The van der Waals surface area contributed by atoms with E-state index >= 15 is 0 Å². The van der Waals surface area contributed by atoms with E-state index in [1.54, 1.807) is 22.3 Å². The summed E-state index contributed by atoms with van der Waals surface area (Å²) in [5, 5.41) is 3.46. The summed E-state index contributed by atoms with van der Waals surface area (Å²) in [7, 11) is -19.4. The van der Waals surface area contributed by atoms with Crippen LogP contribution in [0.4, 0.5) is 5.69 Å². The van der Waals surface area contributed by atoms with Gasteiger partial charge in [-0.15, -0.1) is 11.4 Å². The SMILES string of the molecule is C[Si](C)(C)C(C1=C=C(C([Si](C)(C)C)[Si](C)(C)C)C=C(C([Si](C)(C)C)([Si](C)(C)C)[Si](C)(C)C)[CH]1)[Si](C)(C)C.C[Si](C)(C)C(c1cc(C([Si](C)(C)C)[Si](C)(C)C)c([NH-])c(C([Si](C)(C)C)[Si](C)(C)C)c1)[Si](C)(C)C.[Br-].[Sb]. The second-order valence-corrected chi connectivity index (χ2v) is 110. The summed E-state index contributed by atoms with van der Waals surface area (Å²) in [5.74, 6) is 0. The molecule has 426 valence electrons. The number of hydrogen-bond donors (Lipinski definition) is 0. The molecule has 0 fully saturated rings. The van der Waals surface area contributed by atoms with Crippen molar-refractivity contribution in [3.8, 4) is 0 Å². The molecule has 0 bridgehead atoms. The maximum Gasteiger partial charge on any atom is 0.0501 e. The molecule has 0 saturated heterocycles. The van der Waals surface area contributed by atoms with Crippen LogP contribution in [-0.4, -0.2) is 129 Å². The molecule has 1 aliphatic rings. The van der Waals surface area contributed by atoms with Crippen LogP contribution in [0.5, 0.6) is 0 Å². The number of nitrogens with one attached hydrogen (secondary N) is 1. The van der Waals surface area contributed by atoms with E-state index in [2.05, 4.69) is 286 Å². The van der Waals surface area contributed by atoms with Gasteiger partial charge in [0.1, 0.15) is 0 Å². The molecule has 0 aromatic heterocycles. The van der Waals surface area contributed by atoms with E-state index in [9.17, 15) is 5.73 Å². The van der Waals surface area contributed by atoms with E-state index in [1.165, 1.54) is 11.1 Å². The van der Waals surface area contributed by atoms with Crippen LogP contribution in [0.25, 0.3) is 5.73 Å². The normalized spacial score (nSPS) is 16.0. The first-order valence-corrected chi connectivity index (χ1v) is 74.7. The van der Waals surface area contributed by atoms with E-state index in [4.69, 9.17) is 0 Å². The maximum absolute atomic E-state index is 9.79. The quantitative estimate of drug-likeness (QED) is 0.0974. The van der Waals surface area contributed by atoms with Gasteiger partial charge in [0.2, 0.25) is 0 Å². The van der Waals surface area contributed by atoms with Crippen LogP contribution >= 0.6 is 0 Å². The third-order valence-electron chi connectivity index (χ3n) is 16.2. The summed E-state index contributed by atoms with van der Waals surface area (Å²) in [6.45, 7) is 102.